The van der Waals surface area contributed by atoms with Gasteiger partial charge in [-0.1, -0.05) is 5.57 Å². The van der Waals surface area contributed by atoms with Crippen LogP contribution in [0.2, 0.25) is 0 Å². The topological polar surface area (TPSA) is 41.1 Å². The van der Waals surface area contributed by atoms with Crippen molar-refractivity contribution >= 4 is 6.03 Å². The Morgan fingerprint density at radius 2 is 2.08 bits per heavy atom. The molecule has 1 rings (SSSR count). The molecule has 0 heterocycles. The van der Waals surface area contributed by atoms with Gasteiger partial charge in [-0.3, -0.25) is 0 Å². The van der Waals surface area contributed by atoms with Crippen LogP contribution in [-0.2, 0) is 0 Å². The van der Waals surface area contributed by atoms with E-state index in [0.717, 1.165) is 5.92 Å². The maximum absolute atomic E-state index is 11.1. The van der Waals surface area contributed by atoms with Crippen molar-refractivity contribution in [3.8, 4) is 0 Å². The number of rotatable bonds is 3. The Morgan fingerprint density at radius 1 is 1.46 bits per heavy atom. The first-order valence-corrected chi connectivity index (χ1v) is 4.83. The minimum Gasteiger partial charge on any atom is -0.336 e. The summed E-state index contributed by atoms with van der Waals surface area (Å²) in [6, 6.07) is 0.0737. The summed E-state index contributed by atoms with van der Waals surface area (Å²) >= 11 is 0. The van der Waals surface area contributed by atoms with Crippen molar-refractivity contribution in [1.29, 1.82) is 0 Å². The molecule has 13 heavy (non-hydrogen) atoms. The Balaban J connectivity index is 2.23. The molecule has 2 N–H and O–H groups in total. The van der Waals surface area contributed by atoms with Crippen molar-refractivity contribution in [1.82, 2.24) is 10.6 Å². The molecular weight excluding hydrogens is 164 g/mol. The Morgan fingerprint density at radius 3 is 2.54 bits per heavy atom. The second-order valence-corrected chi connectivity index (χ2v) is 3.94. The van der Waals surface area contributed by atoms with E-state index in [4.69, 9.17) is 0 Å². The van der Waals surface area contributed by atoms with Gasteiger partial charge in [-0.25, -0.2) is 4.79 Å². The fourth-order valence-electron chi connectivity index (χ4n) is 1.14. The van der Waals surface area contributed by atoms with E-state index in [-0.39, 0.29) is 12.1 Å². The zero-order valence-electron chi connectivity index (χ0n) is 8.55. The highest BCUT2D eigenvalue weighted by atomic mass is 16.2. The van der Waals surface area contributed by atoms with E-state index >= 15 is 0 Å². The van der Waals surface area contributed by atoms with E-state index in [1.165, 1.54) is 18.4 Å². The first kappa shape index (κ1) is 10.1. The van der Waals surface area contributed by atoms with Gasteiger partial charge in [-0.2, -0.15) is 0 Å². The van der Waals surface area contributed by atoms with Crippen LogP contribution in [0.3, 0.4) is 0 Å². The molecule has 2 amide bonds. The summed E-state index contributed by atoms with van der Waals surface area (Å²) in [6.07, 6.45) is 4.36. The van der Waals surface area contributed by atoms with E-state index in [1.54, 1.807) is 0 Å². The maximum Gasteiger partial charge on any atom is 0.318 e. The standard InChI is InChI=1S/C10H18N2O/c1-7(2)12-10(13)11-6-8(3)9-4-5-9/h6-7,9H,4-5H2,1-3H3,(H2,11,12,13)/b8-6+. The van der Waals surface area contributed by atoms with Crippen LogP contribution in [-0.4, -0.2) is 12.1 Å². The zero-order valence-corrected chi connectivity index (χ0v) is 8.55. The Bertz CT molecular complexity index is 217. The van der Waals surface area contributed by atoms with Crippen molar-refractivity contribution in [3.05, 3.63) is 11.8 Å². The molecule has 0 saturated heterocycles. The molecule has 1 saturated carbocycles. The summed E-state index contributed by atoms with van der Waals surface area (Å²) in [5.74, 6) is 0.722. The molecule has 74 valence electrons. The van der Waals surface area contributed by atoms with Gasteiger partial charge in [-0.15, -0.1) is 0 Å². The van der Waals surface area contributed by atoms with Crippen LogP contribution >= 0.6 is 0 Å². The van der Waals surface area contributed by atoms with Crippen molar-refractivity contribution in [2.75, 3.05) is 0 Å². The molecule has 0 aromatic rings. The van der Waals surface area contributed by atoms with Crippen molar-refractivity contribution in [3.63, 3.8) is 0 Å². The number of urea groups is 1. The second kappa shape index (κ2) is 4.30. The first-order chi connectivity index (χ1) is 6.09. The van der Waals surface area contributed by atoms with Crippen LogP contribution in [0.4, 0.5) is 4.79 Å². The highest BCUT2D eigenvalue weighted by molar-refractivity contribution is 5.75. The molecule has 3 heteroatoms. The average molecular weight is 182 g/mol. The number of hydrogen-bond acceptors (Lipinski definition) is 1. The molecule has 1 aliphatic rings. The van der Waals surface area contributed by atoms with Gasteiger partial charge < -0.3 is 10.6 Å². The summed E-state index contributed by atoms with van der Waals surface area (Å²) in [7, 11) is 0. The number of nitrogens with one attached hydrogen (secondary N) is 2. The molecule has 0 aromatic heterocycles. The molecule has 0 unspecified atom stereocenters. The zero-order chi connectivity index (χ0) is 9.84. The van der Waals surface area contributed by atoms with Crippen LogP contribution in [0.1, 0.15) is 33.6 Å². The lowest BCUT2D eigenvalue weighted by molar-refractivity contribution is 0.242. The van der Waals surface area contributed by atoms with Crippen LogP contribution < -0.4 is 10.6 Å². The fraction of sp³-hybridized carbons (Fsp3) is 0.700. The predicted octanol–water partition coefficient (Wildman–Crippen LogP) is 2.01. The van der Waals surface area contributed by atoms with Crippen molar-refractivity contribution < 1.29 is 4.79 Å². The SMILES string of the molecule is C/C(=C\NC(=O)NC(C)C)C1CC1. The summed E-state index contributed by atoms with van der Waals surface area (Å²) in [4.78, 5) is 11.1. The van der Waals surface area contributed by atoms with Gasteiger partial charge in [0, 0.05) is 12.2 Å². The van der Waals surface area contributed by atoms with Gasteiger partial charge in [0.15, 0.2) is 0 Å². The smallest absolute Gasteiger partial charge is 0.318 e. The van der Waals surface area contributed by atoms with Gasteiger partial charge in [0.05, 0.1) is 0 Å². The lowest BCUT2D eigenvalue weighted by atomic mass is 10.2. The minimum absolute atomic E-state index is 0.116. The fourth-order valence-corrected chi connectivity index (χ4v) is 1.14. The highest BCUT2D eigenvalue weighted by Crippen LogP contribution is 2.35. The van der Waals surface area contributed by atoms with Crippen LogP contribution in [0.5, 0.6) is 0 Å². The van der Waals surface area contributed by atoms with Crippen LogP contribution in [0, 0.1) is 5.92 Å². The van der Waals surface area contributed by atoms with E-state index in [9.17, 15) is 4.79 Å². The van der Waals surface area contributed by atoms with E-state index < -0.39 is 0 Å². The van der Waals surface area contributed by atoms with Gasteiger partial charge in [-0.05, 0) is 39.5 Å². The monoisotopic (exact) mass is 182 g/mol. The largest absolute Gasteiger partial charge is 0.336 e. The van der Waals surface area contributed by atoms with Crippen LogP contribution in [0.25, 0.3) is 0 Å². The number of carbonyl (C=O) groups is 1. The molecular formula is C10H18N2O. The third kappa shape index (κ3) is 3.97. The van der Waals surface area contributed by atoms with Gasteiger partial charge in [0.2, 0.25) is 0 Å². The predicted molar refractivity (Wildman–Crippen MR) is 53.3 cm³/mol. The lowest BCUT2D eigenvalue weighted by Gasteiger charge is -2.07. The van der Waals surface area contributed by atoms with E-state index in [1.807, 2.05) is 20.0 Å². The Kier molecular flexibility index (Phi) is 3.34. The molecule has 0 bridgehead atoms. The second-order valence-electron chi connectivity index (χ2n) is 3.94. The van der Waals surface area contributed by atoms with E-state index in [0.29, 0.717) is 0 Å². The Hall–Kier alpha value is -0.990. The third-order valence-electron chi connectivity index (χ3n) is 2.07. The van der Waals surface area contributed by atoms with Crippen molar-refractivity contribution in [2.24, 2.45) is 5.92 Å². The quantitative estimate of drug-likeness (QED) is 0.688. The molecule has 3 nitrogen and oxygen atoms in total. The van der Waals surface area contributed by atoms with Gasteiger partial charge in [0.25, 0.3) is 0 Å². The van der Waals surface area contributed by atoms with Crippen LogP contribution in [0.15, 0.2) is 11.8 Å². The average Bonchev–Trinajstić information content (AvgIpc) is 2.80. The number of allylic oxidation sites excluding steroid dienone is 1. The first-order valence-electron chi connectivity index (χ1n) is 4.83. The Labute approximate surface area is 79.6 Å². The third-order valence-corrected chi connectivity index (χ3v) is 2.07. The lowest BCUT2D eigenvalue weighted by Crippen LogP contribution is -2.37. The maximum atomic E-state index is 11.1. The van der Waals surface area contributed by atoms with Gasteiger partial charge in [0.1, 0.15) is 0 Å². The molecule has 0 aromatic carbocycles. The number of hydrogen-bond donors (Lipinski definition) is 2. The molecule has 0 radical (unpaired) electrons. The molecule has 0 aliphatic heterocycles. The summed E-state index contributed by atoms with van der Waals surface area (Å²) in [5.41, 5.74) is 1.28. The molecule has 1 aliphatic carbocycles. The van der Waals surface area contributed by atoms with Gasteiger partial charge >= 0.3 is 6.03 Å². The van der Waals surface area contributed by atoms with E-state index in [2.05, 4.69) is 17.6 Å². The minimum atomic E-state index is -0.116. The molecule has 0 atom stereocenters. The molecule has 1 fully saturated rings. The summed E-state index contributed by atoms with van der Waals surface area (Å²) in [5, 5.41) is 5.49. The number of carbonyl (C=O) groups excluding carboxylic acids is 1. The summed E-state index contributed by atoms with van der Waals surface area (Å²) < 4.78 is 0. The highest BCUT2D eigenvalue weighted by Gasteiger charge is 2.22. The normalized spacial score (nSPS) is 17.4. The summed E-state index contributed by atoms with van der Waals surface area (Å²) in [6.45, 7) is 5.95. The number of amides is 2. The molecule has 0 spiro atoms. The van der Waals surface area contributed by atoms with Crippen molar-refractivity contribution in [2.45, 2.75) is 39.7 Å².